The molecule has 0 saturated heterocycles. The summed E-state index contributed by atoms with van der Waals surface area (Å²) in [5, 5.41) is 9.85. The maximum absolute atomic E-state index is 12.7. The molecule has 0 spiro atoms. The molecule has 1 aliphatic rings. The molecule has 0 amide bonds. The number of hydrogen-bond donors (Lipinski definition) is 1. The zero-order valence-electron chi connectivity index (χ0n) is 24.0. The van der Waals surface area contributed by atoms with E-state index < -0.39 is 35.7 Å². The summed E-state index contributed by atoms with van der Waals surface area (Å²) in [5.41, 5.74) is 0. The second-order valence-electron chi connectivity index (χ2n) is 11.0. The van der Waals surface area contributed by atoms with Crippen LogP contribution in [0.1, 0.15) is 149 Å². The van der Waals surface area contributed by atoms with E-state index in [1.807, 2.05) is 0 Å². The lowest BCUT2D eigenvalue weighted by atomic mass is 9.72. The molecule has 1 fully saturated rings. The quantitative estimate of drug-likeness (QED) is 0.107. The van der Waals surface area contributed by atoms with Crippen LogP contribution in [0, 0.1) is 17.8 Å². The molecule has 0 heterocycles. The van der Waals surface area contributed by atoms with Crippen LogP contribution in [0.4, 0.5) is 0 Å². The largest absolute Gasteiger partial charge is 0.481 e. The number of ether oxygens (including phenoxy) is 2. The van der Waals surface area contributed by atoms with Crippen molar-refractivity contribution in [3.8, 4) is 0 Å². The number of hydrogen-bond acceptors (Lipinski definition) is 5. The van der Waals surface area contributed by atoms with Gasteiger partial charge >= 0.3 is 17.9 Å². The van der Waals surface area contributed by atoms with E-state index in [1.54, 1.807) is 0 Å². The van der Waals surface area contributed by atoms with Gasteiger partial charge in [-0.15, -0.1) is 0 Å². The summed E-state index contributed by atoms with van der Waals surface area (Å²) in [4.78, 5) is 37.5. The Morgan fingerprint density at radius 2 is 0.892 bits per heavy atom. The number of unbranched alkanes of at least 4 members (excludes halogenated alkanes) is 16. The van der Waals surface area contributed by atoms with E-state index in [-0.39, 0.29) is 0 Å². The van der Waals surface area contributed by atoms with Crippen LogP contribution in [-0.2, 0) is 23.9 Å². The van der Waals surface area contributed by atoms with Crippen molar-refractivity contribution in [2.45, 2.75) is 149 Å². The van der Waals surface area contributed by atoms with Gasteiger partial charge in [0, 0.05) is 0 Å². The van der Waals surface area contributed by atoms with E-state index in [1.165, 1.54) is 77.0 Å². The third-order valence-electron chi connectivity index (χ3n) is 7.77. The van der Waals surface area contributed by atoms with Crippen LogP contribution in [0.25, 0.3) is 0 Å². The lowest BCUT2D eigenvalue weighted by molar-refractivity contribution is -0.169. The topological polar surface area (TPSA) is 89.9 Å². The second-order valence-corrected chi connectivity index (χ2v) is 11.0. The van der Waals surface area contributed by atoms with Crippen molar-refractivity contribution >= 4 is 17.9 Å². The van der Waals surface area contributed by atoms with Gasteiger partial charge < -0.3 is 14.6 Å². The molecule has 216 valence electrons. The van der Waals surface area contributed by atoms with Crippen LogP contribution in [0.5, 0.6) is 0 Å². The predicted molar refractivity (Wildman–Crippen MR) is 148 cm³/mol. The van der Waals surface area contributed by atoms with Crippen molar-refractivity contribution in [3.63, 3.8) is 0 Å². The summed E-state index contributed by atoms with van der Waals surface area (Å²) in [6, 6.07) is 0. The van der Waals surface area contributed by atoms with Gasteiger partial charge in [-0.1, -0.05) is 123 Å². The van der Waals surface area contributed by atoms with Gasteiger partial charge in [0.2, 0.25) is 0 Å². The molecule has 2 atom stereocenters. The van der Waals surface area contributed by atoms with Crippen molar-refractivity contribution in [1.29, 1.82) is 0 Å². The van der Waals surface area contributed by atoms with E-state index in [9.17, 15) is 19.5 Å². The molecule has 2 unspecified atom stereocenters. The smallest absolute Gasteiger partial charge is 0.309 e. The molecule has 0 bridgehead atoms. The molecule has 0 aromatic carbocycles. The number of carboxylic acids is 1. The molecule has 6 nitrogen and oxygen atoms in total. The summed E-state index contributed by atoms with van der Waals surface area (Å²) in [5.74, 6) is -4.63. The Kier molecular flexibility index (Phi) is 20.2. The summed E-state index contributed by atoms with van der Waals surface area (Å²) >= 11 is 0. The fourth-order valence-electron chi connectivity index (χ4n) is 5.46. The third-order valence-corrected chi connectivity index (χ3v) is 7.77. The van der Waals surface area contributed by atoms with Gasteiger partial charge in [0.15, 0.2) is 0 Å². The molecule has 1 saturated carbocycles. The Hall–Kier alpha value is -1.59. The van der Waals surface area contributed by atoms with E-state index in [0.29, 0.717) is 32.5 Å². The molecule has 0 radical (unpaired) electrons. The number of carboxylic acid groups (broad SMARTS) is 1. The Morgan fingerprint density at radius 1 is 0.568 bits per heavy atom. The van der Waals surface area contributed by atoms with Crippen LogP contribution >= 0.6 is 0 Å². The normalized spacial score (nSPS) is 19.5. The minimum Gasteiger partial charge on any atom is -0.481 e. The average Bonchev–Trinajstić information content (AvgIpc) is 2.90. The van der Waals surface area contributed by atoms with Crippen LogP contribution in [0.3, 0.4) is 0 Å². The van der Waals surface area contributed by atoms with Crippen molar-refractivity contribution in [2.75, 3.05) is 13.2 Å². The number of carbonyl (C=O) groups is 3. The van der Waals surface area contributed by atoms with Crippen LogP contribution in [-0.4, -0.2) is 36.2 Å². The van der Waals surface area contributed by atoms with Gasteiger partial charge in [0.1, 0.15) is 0 Å². The van der Waals surface area contributed by atoms with Crippen LogP contribution < -0.4 is 0 Å². The number of rotatable bonds is 23. The fraction of sp³-hybridized carbons (Fsp3) is 0.903. The lowest BCUT2D eigenvalue weighted by Crippen LogP contribution is -2.43. The summed E-state index contributed by atoms with van der Waals surface area (Å²) < 4.78 is 10.9. The van der Waals surface area contributed by atoms with E-state index in [4.69, 9.17) is 9.47 Å². The molecule has 37 heavy (non-hydrogen) atoms. The zero-order valence-corrected chi connectivity index (χ0v) is 24.0. The number of esters is 2. The highest BCUT2D eigenvalue weighted by molar-refractivity contribution is 5.86. The highest BCUT2D eigenvalue weighted by Gasteiger charge is 2.46. The molecule has 0 aliphatic heterocycles. The third kappa shape index (κ3) is 15.4. The standard InChI is InChI=1S/C31H56O6/c1-3-5-7-9-11-13-15-17-19-24-36-30(34)26-22-21-23-27(28(26)29(32)33)31(35)37-25-20-18-16-14-12-10-8-6-4-2/h26-28H,3-25H2,1-2H3,(H,32,33). The highest BCUT2D eigenvalue weighted by atomic mass is 16.5. The van der Waals surface area contributed by atoms with Gasteiger partial charge in [-0.3, -0.25) is 14.4 Å². The first-order valence-electron chi connectivity index (χ1n) is 15.6. The number of carbonyl (C=O) groups excluding carboxylic acids is 2. The molecular formula is C31H56O6. The van der Waals surface area contributed by atoms with Gasteiger partial charge in [0.25, 0.3) is 0 Å². The minimum atomic E-state index is -1.10. The van der Waals surface area contributed by atoms with E-state index >= 15 is 0 Å². The first-order chi connectivity index (χ1) is 18.0. The predicted octanol–water partition coefficient (Wildman–Crippen LogP) is 8.25. The van der Waals surface area contributed by atoms with Crippen molar-refractivity contribution in [1.82, 2.24) is 0 Å². The van der Waals surface area contributed by atoms with Crippen LogP contribution in [0.2, 0.25) is 0 Å². The molecule has 1 rings (SSSR count). The summed E-state index contributed by atoms with van der Waals surface area (Å²) in [7, 11) is 0. The summed E-state index contributed by atoms with van der Waals surface area (Å²) in [6.45, 7) is 5.09. The zero-order chi connectivity index (χ0) is 27.1. The molecule has 0 aromatic heterocycles. The van der Waals surface area contributed by atoms with Crippen molar-refractivity contribution < 1.29 is 29.0 Å². The molecule has 1 N–H and O–H groups in total. The number of aliphatic carboxylic acids is 1. The van der Waals surface area contributed by atoms with Crippen molar-refractivity contribution in [2.24, 2.45) is 17.8 Å². The molecule has 6 heteroatoms. The highest BCUT2D eigenvalue weighted by Crippen LogP contribution is 2.37. The molecular weight excluding hydrogens is 468 g/mol. The maximum atomic E-state index is 12.7. The van der Waals surface area contributed by atoms with Crippen molar-refractivity contribution in [3.05, 3.63) is 0 Å². The fourth-order valence-corrected chi connectivity index (χ4v) is 5.46. The Labute approximate surface area is 226 Å². The Morgan fingerprint density at radius 3 is 1.22 bits per heavy atom. The van der Waals surface area contributed by atoms with E-state index in [0.717, 1.165) is 38.5 Å². The first-order valence-corrected chi connectivity index (χ1v) is 15.6. The van der Waals surface area contributed by atoms with Gasteiger partial charge in [0.05, 0.1) is 31.0 Å². The Balaban J connectivity index is 2.28. The lowest BCUT2D eigenvalue weighted by Gasteiger charge is -2.32. The first kappa shape index (κ1) is 33.4. The van der Waals surface area contributed by atoms with E-state index in [2.05, 4.69) is 13.8 Å². The maximum Gasteiger partial charge on any atom is 0.309 e. The van der Waals surface area contributed by atoms with Crippen LogP contribution in [0.15, 0.2) is 0 Å². The van der Waals surface area contributed by atoms with Gasteiger partial charge in [-0.05, 0) is 25.7 Å². The SMILES string of the molecule is CCCCCCCCCCCOC(=O)C1CCCC(C(=O)OCCCCCCCCCCC)C1C(=O)O. The summed E-state index contributed by atoms with van der Waals surface area (Å²) in [6.07, 6.45) is 22.8. The molecule has 0 aromatic rings. The molecule has 1 aliphatic carbocycles. The van der Waals surface area contributed by atoms with Gasteiger partial charge in [-0.2, -0.15) is 0 Å². The Bertz CT molecular complexity index is 561. The van der Waals surface area contributed by atoms with Gasteiger partial charge in [-0.25, -0.2) is 0 Å². The average molecular weight is 525 g/mol. The monoisotopic (exact) mass is 524 g/mol. The second kappa shape index (κ2) is 22.4. The minimum absolute atomic E-state index is 0.325.